The summed E-state index contributed by atoms with van der Waals surface area (Å²) in [5.74, 6) is -0.141. The largest absolute Gasteiger partial charge is 0.360 e. The Kier molecular flexibility index (Phi) is 3.87. The predicted octanol–water partition coefficient (Wildman–Crippen LogP) is 5.25. The molecule has 1 amide bonds. The van der Waals surface area contributed by atoms with Crippen molar-refractivity contribution in [3.63, 3.8) is 0 Å². The highest BCUT2D eigenvalue weighted by Crippen LogP contribution is 2.33. The first kappa shape index (κ1) is 14.4. The average molecular weight is 408 g/mol. The maximum atomic E-state index is 12.5. The summed E-state index contributed by atoms with van der Waals surface area (Å²) in [6, 6.07) is 11.7. The fourth-order valence-corrected chi connectivity index (χ4v) is 3.87. The van der Waals surface area contributed by atoms with Gasteiger partial charge in [0.25, 0.3) is 5.91 Å². The number of benzene rings is 2. The molecule has 2 N–H and O–H groups in total. The van der Waals surface area contributed by atoms with Crippen molar-refractivity contribution in [1.29, 1.82) is 0 Å². The number of aromatic nitrogens is 1. The number of halogens is 2. The van der Waals surface area contributed by atoms with Crippen molar-refractivity contribution in [2.24, 2.45) is 0 Å². The molecule has 0 saturated heterocycles. The van der Waals surface area contributed by atoms with Crippen molar-refractivity contribution < 1.29 is 4.79 Å². The molecule has 3 aromatic rings. The lowest BCUT2D eigenvalue weighted by Crippen LogP contribution is -2.12. The second-order valence-electron chi connectivity index (χ2n) is 4.81. The topological polar surface area (TPSA) is 44.9 Å². The molecule has 21 heavy (non-hydrogen) atoms. The summed E-state index contributed by atoms with van der Waals surface area (Å²) in [6.07, 6.45) is 1.73. The quantitative estimate of drug-likeness (QED) is 0.598. The van der Waals surface area contributed by atoms with Crippen molar-refractivity contribution >= 4 is 54.4 Å². The van der Waals surface area contributed by atoms with Gasteiger partial charge in [0.1, 0.15) is 0 Å². The molecule has 5 heteroatoms. The van der Waals surface area contributed by atoms with Gasteiger partial charge < -0.3 is 10.3 Å². The van der Waals surface area contributed by atoms with E-state index < -0.39 is 0 Å². The Bertz CT molecular complexity index is 816. The number of para-hydroxylation sites is 1. The van der Waals surface area contributed by atoms with E-state index in [1.165, 1.54) is 0 Å². The number of carbonyl (C=O) groups excluding carboxylic acids is 1. The number of anilines is 1. The van der Waals surface area contributed by atoms with E-state index >= 15 is 0 Å². The number of carbonyl (C=O) groups is 1. The summed E-state index contributed by atoms with van der Waals surface area (Å²) >= 11 is 6.97. The third kappa shape index (κ3) is 2.76. The number of aromatic amines is 1. The van der Waals surface area contributed by atoms with Crippen LogP contribution in [0.3, 0.4) is 0 Å². The van der Waals surface area contributed by atoms with Crippen LogP contribution < -0.4 is 5.32 Å². The summed E-state index contributed by atoms with van der Waals surface area (Å²) in [4.78, 5) is 15.6. The Hall–Kier alpha value is -1.59. The number of aryl methyl sites for hydroxylation is 1. The minimum absolute atomic E-state index is 0.141. The Balaban J connectivity index is 1.97. The molecule has 3 rings (SSSR count). The Morgan fingerprint density at radius 3 is 2.52 bits per heavy atom. The Morgan fingerprint density at radius 2 is 1.81 bits per heavy atom. The van der Waals surface area contributed by atoms with Crippen molar-refractivity contribution in [2.75, 3.05) is 5.32 Å². The zero-order valence-electron chi connectivity index (χ0n) is 11.2. The van der Waals surface area contributed by atoms with Crippen LogP contribution in [0.1, 0.15) is 15.9 Å². The standard InChI is InChI=1S/C16H12Br2N2O/c1-9-6-12(17)15(13(18)7-9)20-16(21)11-8-19-14-5-3-2-4-10(11)14/h2-8,19H,1H3,(H,20,21). The zero-order valence-corrected chi connectivity index (χ0v) is 14.4. The lowest BCUT2D eigenvalue weighted by molar-refractivity contribution is 0.102. The van der Waals surface area contributed by atoms with Gasteiger partial charge in [-0.05, 0) is 62.5 Å². The molecule has 0 spiro atoms. The molecule has 0 atom stereocenters. The molecular weight excluding hydrogens is 396 g/mol. The van der Waals surface area contributed by atoms with Gasteiger partial charge in [0, 0.05) is 26.0 Å². The van der Waals surface area contributed by atoms with Crippen LogP contribution in [0.4, 0.5) is 5.69 Å². The maximum Gasteiger partial charge on any atom is 0.257 e. The minimum atomic E-state index is -0.141. The molecule has 0 fully saturated rings. The number of H-pyrrole nitrogens is 1. The van der Waals surface area contributed by atoms with Crippen LogP contribution in [0.2, 0.25) is 0 Å². The Labute approximate surface area is 139 Å². The van der Waals surface area contributed by atoms with Crippen LogP contribution in [0.25, 0.3) is 10.9 Å². The molecule has 106 valence electrons. The highest BCUT2D eigenvalue weighted by Gasteiger charge is 2.15. The van der Waals surface area contributed by atoms with Crippen molar-refractivity contribution in [3.05, 3.63) is 62.7 Å². The van der Waals surface area contributed by atoms with Gasteiger partial charge in [-0.1, -0.05) is 18.2 Å². The fourth-order valence-electron chi connectivity index (χ4n) is 2.26. The van der Waals surface area contributed by atoms with Crippen LogP contribution in [-0.4, -0.2) is 10.9 Å². The minimum Gasteiger partial charge on any atom is -0.360 e. The number of nitrogens with one attached hydrogen (secondary N) is 2. The fraction of sp³-hybridized carbons (Fsp3) is 0.0625. The molecule has 3 nitrogen and oxygen atoms in total. The number of rotatable bonds is 2. The third-order valence-corrected chi connectivity index (χ3v) is 4.51. The number of amides is 1. The molecule has 0 radical (unpaired) electrons. The van der Waals surface area contributed by atoms with E-state index in [0.717, 1.165) is 31.1 Å². The van der Waals surface area contributed by atoms with Crippen LogP contribution in [-0.2, 0) is 0 Å². The molecule has 2 aromatic carbocycles. The van der Waals surface area contributed by atoms with Crippen LogP contribution in [0.5, 0.6) is 0 Å². The second-order valence-corrected chi connectivity index (χ2v) is 6.51. The van der Waals surface area contributed by atoms with Crippen LogP contribution in [0.15, 0.2) is 51.5 Å². The van der Waals surface area contributed by atoms with E-state index in [-0.39, 0.29) is 5.91 Å². The monoisotopic (exact) mass is 406 g/mol. The maximum absolute atomic E-state index is 12.5. The predicted molar refractivity (Wildman–Crippen MR) is 92.8 cm³/mol. The van der Waals surface area contributed by atoms with Crippen LogP contribution in [0, 0.1) is 6.92 Å². The van der Waals surface area contributed by atoms with E-state index in [2.05, 4.69) is 42.2 Å². The molecule has 0 aliphatic carbocycles. The van der Waals surface area contributed by atoms with Gasteiger partial charge in [-0.25, -0.2) is 0 Å². The Morgan fingerprint density at radius 1 is 1.14 bits per heavy atom. The summed E-state index contributed by atoms with van der Waals surface area (Å²) in [5, 5.41) is 3.86. The van der Waals surface area contributed by atoms with Gasteiger partial charge in [-0.15, -0.1) is 0 Å². The molecule has 1 heterocycles. The summed E-state index contributed by atoms with van der Waals surface area (Å²) in [5.41, 5.74) is 3.42. The van der Waals surface area contributed by atoms with E-state index in [1.54, 1.807) is 6.20 Å². The number of hydrogen-bond acceptors (Lipinski definition) is 1. The van der Waals surface area contributed by atoms with Crippen LogP contribution >= 0.6 is 31.9 Å². The molecule has 0 unspecified atom stereocenters. The molecule has 1 aromatic heterocycles. The van der Waals surface area contributed by atoms with E-state index in [9.17, 15) is 4.79 Å². The van der Waals surface area contributed by atoms with Gasteiger partial charge >= 0.3 is 0 Å². The first-order chi connectivity index (χ1) is 10.1. The first-order valence-corrected chi connectivity index (χ1v) is 7.98. The summed E-state index contributed by atoms with van der Waals surface area (Å²) in [7, 11) is 0. The van der Waals surface area contributed by atoms with Gasteiger partial charge in [0.05, 0.1) is 11.3 Å². The SMILES string of the molecule is Cc1cc(Br)c(NC(=O)c2c[nH]c3ccccc23)c(Br)c1. The van der Waals surface area contributed by atoms with Gasteiger partial charge in [-0.3, -0.25) is 4.79 Å². The van der Waals surface area contributed by atoms with Gasteiger partial charge in [-0.2, -0.15) is 0 Å². The van der Waals surface area contributed by atoms with E-state index in [0.29, 0.717) is 5.56 Å². The van der Waals surface area contributed by atoms with Crippen molar-refractivity contribution in [3.8, 4) is 0 Å². The summed E-state index contributed by atoms with van der Waals surface area (Å²) < 4.78 is 1.70. The lowest BCUT2D eigenvalue weighted by Gasteiger charge is -2.10. The second kappa shape index (κ2) is 5.66. The number of fused-ring (bicyclic) bond motifs is 1. The first-order valence-electron chi connectivity index (χ1n) is 6.39. The molecule has 0 aliphatic rings. The smallest absolute Gasteiger partial charge is 0.257 e. The normalized spacial score (nSPS) is 10.8. The molecule has 0 bridgehead atoms. The molecule has 0 aliphatic heterocycles. The van der Waals surface area contributed by atoms with Gasteiger partial charge in [0.2, 0.25) is 0 Å². The molecule has 0 saturated carbocycles. The lowest BCUT2D eigenvalue weighted by atomic mass is 10.1. The number of hydrogen-bond donors (Lipinski definition) is 2. The van der Waals surface area contributed by atoms with Crippen molar-refractivity contribution in [2.45, 2.75) is 6.92 Å². The van der Waals surface area contributed by atoms with Crippen molar-refractivity contribution in [1.82, 2.24) is 4.98 Å². The van der Waals surface area contributed by atoms with Gasteiger partial charge in [0.15, 0.2) is 0 Å². The third-order valence-electron chi connectivity index (χ3n) is 3.26. The highest BCUT2D eigenvalue weighted by molar-refractivity contribution is 9.11. The average Bonchev–Trinajstić information content (AvgIpc) is 2.86. The van der Waals surface area contributed by atoms with E-state index in [4.69, 9.17) is 0 Å². The summed E-state index contributed by atoms with van der Waals surface area (Å²) in [6.45, 7) is 2.00. The zero-order chi connectivity index (χ0) is 15.0. The van der Waals surface area contributed by atoms with E-state index in [1.807, 2.05) is 43.3 Å². The highest BCUT2D eigenvalue weighted by atomic mass is 79.9. The molecular formula is C16H12Br2N2O.